The zero-order valence-electron chi connectivity index (χ0n) is 18.9. The number of carbonyl (C=O) groups excluding carboxylic acids is 2. The fourth-order valence-electron chi connectivity index (χ4n) is 4.30. The molecule has 1 aliphatic heterocycles. The number of amides is 1. The van der Waals surface area contributed by atoms with Gasteiger partial charge in [0.05, 0.1) is 23.3 Å². The van der Waals surface area contributed by atoms with E-state index in [2.05, 4.69) is 26.6 Å². The van der Waals surface area contributed by atoms with Gasteiger partial charge in [-0.2, -0.15) is 5.26 Å². The topological polar surface area (TPSA) is 138 Å². The lowest BCUT2D eigenvalue weighted by Gasteiger charge is -2.38. The number of hydrogen-bond donors (Lipinski definition) is 2. The predicted octanol–water partition coefficient (Wildman–Crippen LogP) is 5.34. The first-order valence-electron chi connectivity index (χ1n) is 10.9. The highest BCUT2D eigenvalue weighted by Gasteiger charge is 2.42. The molecule has 14 heteroatoms. The molecule has 188 valence electrons. The molecule has 0 spiro atoms. The monoisotopic (exact) mass is 589 g/mol. The Balaban J connectivity index is 1.49. The van der Waals surface area contributed by atoms with Crippen LogP contribution in [0.2, 0.25) is 10.0 Å². The maximum absolute atomic E-state index is 13.3. The van der Waals surface area contributed by atoms with E-state index in [1.165, 1.54) is 34.4 Å². The molecule has 2 aliphatic rings. The highest BCUT2D eigenvalue weighted by atomic mass is 35.5. The molecule has 0 saturated heterocycles. The number of hydrogen-bond acceptors (Lipinski definition) is 11. The number of aromatic nitrogens is 3. The molecule has 3 N–H and O–H groups in total. The number of nitrogens with two attached hydrogens (primary N) is 1. The van der Waals surface area contributed by atoms with Gasteiger partial charge >= 0.3 is 0 Å². The molecule has 9 nitrogen and oxygen atoms in total. The standard InChI is InChI=1S/C23H17Cl2N7O2S3/c24-12-3-1-4-13(25)18(12)17-11(9-26)20(27)32(14-5-2-6-15(33)19(14)17)22-30-31-23(37-22)36-10-16(34)29-21-28-7-8-35-21/h1,3-4,7-8,17H,2,5-6,10,27H2,(H,28,29,34). The van der Waals surface area contributed by atoms with Crippen LogP contribution in [-0.2, 0) is 9.59 Å². The van der Waals surface area contributed by atoms with Gasteiger partial charge in [0.15, 0.2) is 15.3 Å². The quantitative estimate of drug-likeness (QED) is 0.365. The second kappa shape index (κ2) is 10.8. The number of ketones is 1. The number of carbonyl (C=O) groups is 2. The van der Waals surface area contributed by atoms with Gasteiger partial charge in [-0.1, -0.05) is 52.4 Å². The van der Waals surface area contributed by atoms with Crippen LogP contribution in [0.15, 0.2) is 56.8 Å². The zero-order chi connectivity index (χ0) is 26.1. The predicted molar refractivity (Wildman–Crippen MR) is 146 cm³/mol. The molecule has 5 rings (SSSR count). The van der Waals surface area contributed by atoms with E-state index in [-0.39, 0.29) is 28.8 Å². The third-order valence-corrected chi connectivity index (χ3v) is 9.18. The Hall–Kier alpha value is -2.95. The van der Waals surface area contributed by atoms with Crippen molar-refractivity contribution >= 4 is 79.6 Å². The Kier molecular flexibility index (Phi) is 7.50. The van der Waals surface area contributed by atoms with Crippen molar-refractivity contribution in [3.05, 3.63) is 68.0 Å². The fourth-order valence-corrected chi connectivity index (χ4v) is 7.14. The van der Waals surface area contributed by atoms with Gasteiger partial charge in [-0.15, -0.1) is 21.5 Å². The maximum atomic E-state index is 13.3. The number of nitriles is 1. The highest BCUT2D eigenvalue weighted by Crippen LogP contribution is 2.49. The lowest BCUT2D eigenvalue weighted by Crippen LogP contribution is -2.38. The van der Waals surface area contributed by atoms with Gasteiger partial charge in [0.25, 0.3) is 0 Å². The molecule has 37 heavy (non-hydrogen) atoms. The second-order valence-electron chi connectivity index (χ2n) is 7.98. The van der Waals surface area contributed by atoms with Gasteiger partial charge in [0.1, 0.15) is 5.82 Å². The smallest absolute Gasteiger partial charge is 0.236 e. The van der Waals surface area contributed by atoms with Crippen molar-refractivity contribution in [2.24, 2.45) is 5.73 Å². The van der Waals surface area contributed by atoms with E-state index in [0.29, 0.717) is 60.7 Å². The third kappa shape index (κ3) is 4.97. The van der Waals surface area contributed by atoms with Crippen molar-refractivity contribution in [2.75, 3.05) is 16.0 Å². The lowest BCUT2D eigenvalue weighted by atomic mass is 9.75. The van der Waals surface area contributed by atoms with Crippen LogP contribution in [0.25, 0.3) is 0 Å². The van der Waals surface area contributed by atoms with Crippen LogP contribution in [0.1, 0.15) is 30.7 Å². The van der Waals surface area contributed by atoms with E-state index in [9.17, 15) is 14.9 Å². The molecule has 0 bridgehead atoms. The Labute approximate surface area is 234 Å². The first-order valence-corrected chi connectivity index (χ1v) is 14.4. The van der Waals surface area contributed by atoms with Gasteiger partial charge in [-0.25, -0.2) is 4.98 Å². The summed E-state index contributed by atoms with van der Waals surface area (Å²) >= 11 is 16.8. The summed E-state index contributed by atoms with van der Waals surface area (Å²) in [7, 11) is 0. The zero-order valence-corrected chi connectivity index (χ0v) is 22.9. The molecular weight excluding hydrogens is 573 g/mol. The lowest BCUT2D eigenvalue weighted by molar-refractivity contribution is -0.116. The van der Waals surface area contributed by atoms with Crippen molar-refractivity contribution in [1.29, 1.82) is 5.26 Å². The summed E-state index contributed by atoms with van der Waals surface area (Å²) in [4.78, 5) is 31.2. The number of thiazole rings is 1. The molecule has 0 saturated carbocycles. The van der Waals surface area contributed by atoms with E-state index >= 15 is 0 Å². The van der Waals surface area contributed by atoms with Crippen molar-refractivity contribution in [1.82, 2.24) is 15.2 Å². The van der Waals surface area contributed by atoms with Gasteiger partial charge in [-0.3, -0.25) is 14.5 Å². The summed E-state index contributed by atoms with van der Waals surface area (Å²) in [6.07, 6.45) is 3.13. The van der Waals surface area contributed by atoms with Crippen molar-refractivity contribution in [2.45, 2.75) is 29.5 Å². The Bertz CT molecular complexity index is 1470. The van der Waals surface area contributed by atoms with Crippen LogP contribution in [-0.4, -0.2) is 32.6 Å². The first kappa shape index (κ1) is 25.7. The Morgan fingerprint density at radius 2 is 2.08 bits per heavy atom. The minimum Gasteiger partial charge on any atom is -0.384 e. The molecular formula is C23H17Cl2N7O2S3. The van der Waals surface area contributed by atoms with Crippen LogP contribution < -0.4 is 16.0 Å². The van der Waals surface area contributed by atoms with Crippen LogP contribution in [0.5, 0.6) is 0 Å². The number of nitrogens with one attached hydrogen (secondary N) is 1. The van der Waals surface area contributed by atoms with E-state index in [0.717, 1.165) is 0 Å². The van der Waals surface area contributed by atoms with Crippen LogP contribution in [0, 0.1) is 11.3 Å². The summed E-state index contributed by atoms with van der Waals surface area (Å²) in [5, 5.41) is 24.7. The van der Waals surface area contributed by atoms with E-state index < -0.39 is 5.92 Å². The largest absolute Gasteiger partial charge is 0.384 e. The minimum absolute atomic E-state index is 0.0922. The number of allylic oxidation sites excluding steroid dienone is 3. The molecule has 1 unspecified atom stereocenters. The Morgan fingerprint density at radius 1 is 1.30 bits per heavy atom. The van der Waals surface area contributed by atoms with E-state index in [1.807, 2.05) is 0 Å². The van der Waals surface area contributed by atoms with Gasteiger partial charge in [0.2, 0.25) is 11.0 Å². The molecule has 1 amide bonds. The molecule has 0 fully saturated rings. The third-order valence-electron chi connectivity index (χ3n) is 5.79. The van der Waals surface area contributed by atoms with E-state index in [4.69, 9.17) is 28.9 Å². The average molecular weight is 591 g/mol. The summed E-state index contributed by atoms with van der Waals surface area (Å²) in [5.74, 6) is -0.830. The van der Waals surface area contributed by atoms with Crippen LogP contribution in [0.3, 0.4) is 0 Å². The molecule has 0 radical (unpaired) electrons. The normalized spacial score (nSPS) is 17.6. The molecule has 3 heterocycles. The van der Waals surface area contributed by atoms with E-state index in [1.54, 1.807) is 34.7 Å². The average Bonchev–Trinajstić information content (AvgIpc) is 3.55. The summed E-state index contributed by atoms with van der Waals surface area (Å²) < 4.78 is 0.538. The molecule has 2 aromatic heterocycles. The fraction of sp³-hybridized carbons (Fsp3) is 0.217. The van der Waals surface area contributed by atoms with Crippen LogP contribution >= 0.6 is 57.6 Å². The number of benzene rings is 1. The minimum atomic E-state index is -0.776. The summed E-state index contributed by atoms with van der Waals surface area (Å²) in [6.45, 7) is 0. The van der Waals surface area contributed by atoms with Crippen molar-refractivity contribution < 1.29 is 9.59 Å². The number of nitrogens with zero attached hydrogens (tertiary/aromatic N) is 5. The maximum Gasteiger partial charge on any atom is 0.236 e. The van der Waals surface area contributed by atoms with Crippen molar-refractivity contribution in [3.8, 4) is 6.07 Å². The second-order valence-corrected chi connectivity index (χ2v) is 11.9. The first-order chi connectivity index (χ1) is 17.9. The van der Waals surface area contributed by atoms with Gasteiger partial charge in [0, 0.05) is 44.9 Å². The van der Waals surface area contributed by atoms with Crippen molar-refractivity contribution in [3.63, 3.8) is 0 Å². The van der Waals surface area contributed by atoms with Crippen LogP contribution in [0.4, 0.5) is 10.3 Å². The summed E-state index contributed by atoms with van der Waals surface area (Å²) in [5.41, 5.74) is 8.31. The molecule has 1 atom stereocenters. The number of Topliss-reactive ketones (excluding diaryl/α,β-unsaturated/α-hetero) is 1. The number of halogens is 2. The molecule has 1 aromatic carbocycles. The highest BCUT2D eigenvalue weighted by molar-refractivity contribution is 8.01. The number of thioether (sulfide) groups is 1. The molecule has 3 aromatic rings. The number of anilines is 2. The van der Waals surface area contributed by atoms with Gasteiger partial charge < -0.3 is 11.1 Å². The van der Waals surface area contributed by atoms with Gasteiger partial charge in [-0.05, 0) is 25.0 Å². The summed E-state index contributed by atoms with van der Waals surface area (Å²) in [6, 6.07) is 7.23. The SMILES string of the molecule is N#CC1=C(N)N(c2nnc(SCC(=O)Nc3nccs3)s2)C2=C(C(=O)CCC2)C1c1c(Cl)cccc1Cl. The number of rotatable bonds is 6. The Morgan fingerprint density at radius 3 is 2.78 bits per heavy atom. The molecule has 1 aliphatic carbocycles.